The van der Waals surface area contributed by atoms with Crippen molar-refractivity contribution >= 4 is 45.2 Å². The molecule has 2 heterocycles. The lowest BCUT2D eigenvalue weighted by Crippen LogP contribution is -2.46. The van der Waals surface area contributed by atoms with Crippen molar-refractivity contribution in [3.8, 4) is 0 Å². The van der Waals surface area contributed by atoms with Crippen molar-refractivity contribution in [3.05, 3.63) is 45.6 Å². The Labute approximate surface area is 198 Å². The Hall–Kier alpha value is -1.65. The highest BCUT2D eigenvalue weighted by Crippen LogP contribution is 2.34. The zero-order valence-corrected chi connectivity index (χ0v) is 20.0. The standard InChI is InChI=1S/C21H26Cl2N2O6S/c1-2-30-21(27)16-13-25(10-5-6-18(26)19-7-3-4-11-31-19)32(28,29)24-20(16)15-9-8-14(22)12-17(15)23/h8-9,12-13,19-20,24H,2-7,10-11H2,1H3. The van der Waals surface area contributed by atoms with Gasteiger partial charge in [-0.2, -0.15) is 13.1 Å². The maximum atomic E-state index is 12.9. The van der Waals surface area contributed by atoms with Crippen molar-refractivity contribution in [2.24, 2.45) is 0 Å². The lowest BCUT2D eigenvalue weighted by Gasteiger charge is -2.32. The third kappa shape index (κ3) is 6.02. The summed E-state index contributed by atoms with van der Waals surface area (Å²) in [6.45, 7) is 2.38. The Morgan fingerprint density at radius 2 is 2.06 bits per heavy atom. The van der Waals surface area contributed by atoms with Crippen molar-refractivity contribution in [3.63, 3.8) is 0 Å². The minimum atomic E-state index is -3.99. The molecule has 0 bridgehead atoms. The van der Waals surface area contributed by atoms with Gasteiger partial charge in [0.05, 0.1) is 18.2 Å². The molecule has 2 aliphatic rings. The first-order valence-electron chi connectivity index (χ1n) is 10.5. The molecule has 0 amide bonds. The zero-order chi connectivity index (χ0) is 23.3. The molecule has 0 aliphatic carbocycles. The van der Waals surface area contributed by atoms with Crippen molar-refractivity contribution in [1.82, 2.24) is 9.03 Å². The van der Waals surface area contributed by atoms with Crippen LogP contribution in [0.3, 0.4) is 0 Å². The number of hydrogen-bond donors (Lipinski definition) is 1. The largest absolute Gasteiger partial charge is 0.463 e. The van der Waals surface area contributed by atoms with E-state index in [2.05, 4.69) is 4.72 Å². The molecule has 1 fully saturated rings. The fraction of sp³-hybridized carbons (Fsp3) is 0.524. The van der Waals surface area contributed by atoms with Crippen LogP contribution < -0.4 is 4.72 Å². The van der Waals surface area contributed by atoms with Gasteiger partial charge >= 0.3 is 16.2 Å². The average molecular weight is 505 g/mol. The molecule has 3 rings (SSSR count). The van der Waals surface area contributed by atoms with Gasteiger partial charge in [-0.25, -0.2) is 4.79 Å². The maximum absolute atomic E-state index is 12.9. The Morgan fingerprint density at radius 1 is 1.28 bits per heavy atom. The van der Waals surface area contributed by atoms with Crippen LogP contribution in [0.15, 0.2) is 30.0 Å². The van der Waals surface area contributed by atoms with E-state index in [1.54, 1.807) is 19.1 Å². The number of hydrogen-bond acceptors (Lipinski definition) is 6. The summed E-state index contributed by atoms with van der Waals surface area (Å²) in [5, 5.41) is 0.597. The number of nitrogens with one attached hydrogen (secondary N) is 1. The topological polar surface area (TPSA) is 102 Å². The van der Waals surface area contributed by atoms with Gasteiger partial charge in [-0.3, -0.25) is 9.10 Å². The number of ether oxygens (including phenoxy) is 2. The molecule has 1 saturated heterocycles. The molecule has 0 saturated carbocycles. The number of carbonyl (C=O) groups is 2. The quantitative estimate of drug-likeness (QED) is 0.543. The van der Waals surface area contributed by atoms with E-state index in [9.17, 15) is 18.0 Å². The summed E-state index contributed by atoms with van der Waals surface area (Å²) in [7, 11) is -3.99. The lowest BCUT2D eigenvalue weighted by atomic mass is 10.00. The van der Waals surface area contributed by atoms with Crippen LogP contribution in [0.4, 0.5) is 0 Å². The molecule has 2 unspecified atom stereocenters. The third-order valence-corrected chi connectivity index (χ3v) is 7.30. The molecule has 1 N–H and O–H groups in total. The summed E-state index contributed by atoms with van der Waals surface area (Å²) < 4.78 is 39.9. The highest BCUT2D eigenvalue weighted by Gasteiger charge is 2.37. The van der Waals surface area contributed by atoms with Crippen LogP contribution in [0.25, 0.3) is 0 Å². The lowest BCUT2D eigenvalue weighted by molar-refractivity contribution is -0.139. The van der Waals surface area contributed by atoms with E-state index in [0.717, 1.165) is 17.1 Å². The first-order chi connectivity index (χ1) is 15.2. The molecule has 0 spiro atoms. The summed E-state index contributed by atoms with van der Waals surface area (Å²) in [5.41, 5.74) is 0.469. The van der Waals surface area contributed by atoms with Crippen LogP contribution in [-0.2, 0) is 29.3 Å². The van der Waals surface area contributed by atoms with Gasteiger partial charge in [-0.15, -0.1) is 0 Å². The van der Waals surface area contributed by atoms with Crippen LogP contribution in [0.1, 0.15) is 50.6 Å². The molecule has 0 radical (unpaired) electrons. The van der Waals surface area contributed by atoms with Crippen LogP contribution >= 0.6 is 23.2 Å². The molecule has 2 atom stereocenters. The molecule has 1 aromatic rings. The molecular weight excluding hydrogens is 479 g/mol. The summed E-state index contributed by atoms with van der Waals surface area (Å²) >= 11 is 12.2. The Kier molecular flexibility index (Phi) is 8.57. The smallest absolute Gasteiger partial charge is 0.337 e. The average Bonchev–Trinajstić information content (AvgIpc) is 2.75. The molecule has 8 nitrogen and oxygen atoms in total. The Balaban J connectivity index is 1.79. The van der Waals surface area contributed by atoms with Gasteiger partial charge in [-0.05, 0) is 50.3 Å². The number of esters is 1. The molecular formula is C21H26Cl2N2O6S. The number of nitrogens with zero attached hydrogens (tertiary/aromatic N) is 1. The number of Topliss-reactive ketones (excluding diaryl/α,β-unsaturated/α-hetero) is 1. The minimum Gasteiger partial charge on any atom is -0.463 e. The second-order valence-corrected chi connectivity index (χ2v) is 10.1. The number of rotatable bonds is 8. The van der Waals surface area contributed by atoms with Gasteiger partial charge in [0.1, 0.15) is 6.10 Å². The van der Waals surface area contributed by atoms with Crippen LogP contribution in [0, 0.1) is 0 Å². The Bertz CT molecular complexity index is 992. The minimum absolute atomic E-state index is 0.0256. The van der Waals surface area contributed by atoms with Crippen LogP contribution in [-0.4, -0.2) is 50.3 Å². The summed E-state index contributed by atoms with van der Waals surface area (Å²) in [5.74, 6) is -0.699. The van der Waals surface area contributed by atoms with E-state index in [0.29, 0.717) is 30.0 Å². The monoisotopic (exact) mass is 504 g/mol. The van der Waals surface area contributed by atoms with E-state index >= 15 is 0 Å². The van der Waals surface area contributed by atoms with Crippen molar-refractivity contribution in [2.75, 3.05) is 19.8 Å². The van der Waals surface area contributed by atoms with Crippen LogP contribution in [0.2, 0.25) is 10.0 Å². The van der Waals surface area contributed by atoms with Gasteiger partial charge in [-0.1, -0.05) is 29.3 Å². The highest BCUT2D eigenvalue weighted by atomic mass is 35.5. The van der Waals surface area contributed by atoms with E-state index in [4.69, 9.17) is 32.7 Å². The second kappa shape index (κ2) is 11.0. The SMILES string of the molecule is CCOC(=O)C1=CN(CCCC(=O)C2CCCCO2)S(=O)(=O)NC1c1ccc(Cl)cc1Cl. The Morgan fingerprint density at radius 3 is 2.72 bits per heavy atom. The van der Waals surface area contributed by atoms with Gasteiger partial charge < -0.3 is 9.47 Å². The number of ketones is 1. The van der Waals surface area contributed by atoms with Crippen molar-refractivity contribution in [1.29, 1.82) is 0 Å². The molecule has 11 heteroatoms. The number of carbonyl (C=O) groups excluding carboxylic acids is 2. The first kappa shape index (κ1) is 25.0. The first-order valence-corrected chi connectivity index (χ1v) is 12.7. The van der Waals surface area contributed by atoms with Gasteiger partial charge in [0.25, 0.3) is 0 Å². The van der Waals surface area contributed by atoms with Crippen molar-refractivity contribution in [2.45, 2.75) is 51.2 Å². The second-order valence-electron chi connectivity index (χ2n) is 7.56. The van der Waals surface area contributed by atoms with E-state index in [-0.39, 0.29) is 36.0 Å². The van der Waals surface area contributed by atoms with Gasteiger partial charge in [0.15, 0.2) is 5.78 Å². The van der Waals surface area contributed by atoms with E-state index < -0.39 is 28.3 Å². The highest BCUT2D eigenvalue weighted by molar-refractivity contribution is 7.87. The van der Waals surface area contributed by atoms with E-state index in [1.807, 2.05) is 0 Å². The molecule has 2 aliphatic heterocycles. The summed E-state index contributed by atoms with van der Waals surface area (Å²) in [6, 6.07) is 3.56. The summed E-state index contributed by atoms with van der Waals surface area (Å²) in [4.78, 5) is 25.0. The number of halogens is 2. The molecule has 1 aromatic carbocycles. The number of benzene rings is 1. The fourth-order valence-electron chi connectivity index (χ4n) is 3.68. The normalized spacial score (nSPS) is 22.8. The predicted molar refractivity (Wildman–Crippen MR) is 121 cm³/mol. The third-order valence-electron chi connectivity index (χ3n) is 5.29. The molecule has 32 heavy (non-hydrogen) atoms. The summed E-state index contributed by atoms with van der Waals surface area (Å²) in [6.07, 6.45) is 3.90. The van der Waals surface area contributed by atoms with Crippen LogP contribution in [0.5, 0.6) is 0 Å². The van der Waals surface area contributed by atoms with Gasteiger partial charge in [0, 0.05) is 35.8 Å². The predicted octanol–water partition coefficient (Wildman–Crippen LogP) is 3.55. The maximum Gasteiger partial charge on any atom is 0.337 e. The van der Waals surface area contributed by atoms with Gasteiger partial charge in [0.2, 0.25) is 0 Å². The van der Waals surface area contributed by atoms with E-state index in [1.165, 1.54) is 12.3 Å². The zero-order valence-electron chi connectivity index (χ0n) is 17.7. The fourth-order valence-corrected chi connectivity index (χ4v) is 5.51. The molecule has 0 aromatic heterocycles. The molecule has 176 valence electrons. The van der Waals surface area contributed by atoms with Crippen molar-refractivity contribution < 1.29 is 27.5 Å².